The fourth-order valence-corrected chi connectivity index (χ4v) is 0. The second-order valence-electron chi connectivity index (χ2n) is 0.667. The van der Waals surface area contributed by atoms with E-state index in [1.807, 2.05) is 0 Å². The first-order valence-corrected chi connectivity index (χ1v) is 7.52. The second kappa shape index (κ2) is 49.7. The van der Waals surface area contributed by atoms with Crippen LogP contribution in [0.3, 0.4) is 0 Å². The standard InChI is InChI=1S/2CO2.2CH3.Sn/c2*2-1-3;;;/h;;2*1H3;. The van der Waals surface area contributed by atoms with E-state index in [0.29, 0.717) is 0 Å². The van der Waals surface area contributed by atoms with Crippen LogP contribution in [-0.4, -0.2) is 33.4 Å². The van der Waals surface area contributed by atoms with Crippen LogP contribution >= 0.6 is 0 Å². The maximum absolute atomic E-state index is 8.12. The van der Waals surface area contributed by atoms with Crippen LogP contribution in [0.2, 0.25) is 9.88 Å². The molecule has 0 unspecified atom stereocenters. The van der Waals surface area contributed by atoms with Crippen LogP contribution in [0.15, 0.2) is 0 Å². The Bertz CT molecular complexity index is 76.7. The summed E-state index contributed by atoms with van der Waals surface area (Å²) in [5.41, 5.74) is 0. The van der Waals surface area contributed by atoms with Gasteiger partial charge < -0.3 is 0 Å². The van der Waals surface area contributed by atoms with E-state index < -0.39 is 0 Å². The molecule has 0 aliphatic carbocycles. The van der Waals surface area contributed by atoms with Gasteiger partial charge in [0.2, 0.25) is 0 Å². The second-order valence-corrected chi connectivity index (χ2v) is 3.52. The Kier molecular flexibility index (Phi) is 87.3. The molecule has 0 aliphatic heterocycles. The Balaban J connectivity index is -0.0000000600. The summed E-state index contributed by atoms with van der Waals surface area (Å²) in [5.74, 6) is 0. The third-order valence-electron chi connectivity index (χ3n) is 0. The van der Waals surface area contributed by atoms with Crippen molar-refractivity contribution in [2.75, 3.05) is 0 Å². The van der Waals surface area contributed by atoms with Crippen LogP contribution in [0.1, 0.15) is 0 Å². The van der Waals surface area contributed by atoms with E-state index in [1.54, 1.807) is 0 Å². The fraction of sp³-hybridized carbons (Fsp3) is 0.500. The summed E-state index contributed by atoms with van der Waals surface area (Å²) in [6, 6.07) is 0. The molecule has 0 rings (SSSR count). The number of hydrogen-bond acceptors (Lipinski definition) is 4. The molecule has 0 amide bonds. The van der Waals surface area contributed by atoms with Crippen LogP contribution in [-0.2, 0) is 19.2 Å². The Morgan fingerprint density at radius 1 is 0.889 bits per heavy atom. The third kappa shape index (κ3) is 1200. The molecule has 0 saturated carbocycles. The molecule has 5 heteroatoms. The van der Waals surface area contributed by atoms with E-state index in [1.165, 1.54) is 0 Å². The van der Waals surface area contributed by atoms with Gasteiger partial charge in [0.25, 0.3) is 0 Å². The molecule has 0 fully saturated rings. The van der Waals surface area contributed by atoms with Crippen molar-refractivity contribution in [3.8, 4) is 0 Å². The molecule has 4 nitrogen and oxygen atoms in total. The average Bonchev–Trinajstić information content (AvgIpc) is 1.70. The van der Waals surface area contributed by atoms with Gasteiger partial charge in [-0.1, -0.05) is 0 Å². The first-order valence-electron chi connectivity index (χ1n) is 1.82. The molecule has 0 aliphatic rings. The van der Waals surface area contributed by atoms with Crippen LogP contribution in [0.4, 0.5) is 0 Å². The molecular formula is C4H6O4Sn. The van der Waals surface area contributed by atoms with Crippen molar-refractivity contribution in [2.24, 2.45) is 0 Å². The molecule has 0 heterocycles. The first-order chi connectivity index (χ1) is 4.24. The molecule has 0 bridgehead atoms. The van der Waals surface area contributed by atoms with Gasteiger partial charge in [0.15, 0.2) is 0 Å². The molecule has 2 radical (unpaired) electrons. The van der Waals surface area contributed by atoms with Gasteiger partial charge in [-0.15, -0.1) is 0 Å². The topological polar surface area (TPSA) is 68.3 Å². The predicted octanol–water partition coefficient (Wildman–Crippen LogP) is -0.380. The van der Waals surface area contributed by atoms with E-state index in [-0.39, 0.29) is 33.4 Å². The SMILES string of the molecule is O=C=O.O=C=O.[CH3][Sn][CH3]. The van der Waals surface area contributed by atoms with Crippen LogP contribution in [0.25, 0.3) is 0 Å². The molecule has 0 saturated heterocycles. The van der Waals surface area contributed by atoms with Crippen LogP contribution in [0.5, 0.6) is 0 Å². The molecule has 0 N–H and O–H groups in total. The summed E-state index contributed by atoms with van der Waals surface area (Å²) >= 11 is 0.230. The third-order valence-corrected chi connectivity index (χ3v) is 0. The summed E-state index contributed by atoms with van der Waals surface area (Å²) in [7, 11) is 0. The molecule has 0 aromatic carbocycles. The van der Waals surface area contributed by atoms with E-state index in [2.05, 4.69) is 9.88 Å². The predicted molar refractivity (Wildman–Crippen MR) is 27.5 cm³/mol. The van der Waals surface area contributed by atoms with Gasteiger partial charge in [-0.05, 0) is 0 Å². The summed E-state index contributed by atoms with van der Waals surface area (Å²) in [6.07, 6.45) is 0.500. The Morgan fingerprint density at radius 2 is 0.889 bits per heavy atom. The average molecular weight is 237 g/mol. The van der Waals surface area contributed by atoms with Crippen molar-refractivity contribution < 1.29 is 19.2 Å². The summed E-state index contributed by atoms with van der Waals surface area (Å²) in [4.78, 5) is 37.1. The Labute approximate surface area is 62.8 Å². The minimum atomic E-state index is 0.230. The molecule has 0 atom stereocenters. The number of carbonyl (C=O) groups excluding carboxylic acids is 4. The van der Waals surface area contributed by atoms with Crippen molar-refractivity contribution in [1.29, 1.82) is 0 Å². The zero-order chi connectivity index (χ0) is 8.12. The normalized spacial score (nSPS) is 3.78. The number of rotatable bonds is 0. The Hall–Kier alpha value is -0.441. The molecule has 0 spiro atoms. The van der Waals surface area contributed by atoms with Crippen LogP contribution in [0, 0.1) is 0 Å². The molecule has 9 heavy (non-hydrogen) atoms. The van der Waals surface area contributed by atoms with Gasteiger partial charge in [0.1, 0.15) is 0 Å². The van der Waals surface area contributed by atoms with E-state index in [0.717, 1.165) is 0 Å². The first kappa shape index (κ1) is 15.8. The van der Waals surface area contributed by atoms with Gasteiger partial charge >= 0.3 is 43.3 Å². The summed E-state index contributed by atoms with van der Waals surface area (Å²) in [6.45, 7) is 0. The fourth-order valence-electron chi connectivity index (χ4n) is 0. The van der Waals surface area contributed by atoms with Crippen molar-refractivity contribution in [2.45, 2.75) is 9.88 Å². The van der Waals surface area contributed by atoms with Gasteiger partial charge in [-0.3, -0.25) is 0 Å². The van der Waals surface area contributed by atoms with Crippen molar-refractivity contribution in [3.05, 3.63) is 0 Å². The quantitative estimate of drug-likeness (QED) is 0.538. The Morgan fingerprint density at radius 3 is 0.889 bits per heavy atom. The van der Waals surface area contributed by atoms with Crippen molar-refractivity contribution in [1.82, 2.24) is 0 Å². The zero-order valence-electron chi connectivity index (χ0n) is 5.13. The van der Waals surface area contributed by atoms with Gasteiger partial charge in [-0.2, -0.15) is 19.2 Å². The summed E-state index contributed by atoms with van der Waals surface area (Å²) < 4.78 is 0. The minimum absolute atomic E-state index is 0.230. The monoisotopic (exact) mass is 238 g/mol. The van der Waals surface area contributed by atoms with E-state index in [9.17, 15) is 0 Å². The van der Waals surface area contributed by atoms with Gasteiger partial charge in [0, 0.05) is 0 Å². The van der Waals surface area contributed by atoms with Crippen molar-refractivity contribution in [3.63, 3.8) is 0 Å². The molecule has 0 aromatic rings. The van der Waals surface area contributed by atoms with E-state index in [4.69, 9.17) is 19.2 Å². The van der Waals surface area contributed by atoms with E-state index >= 15 is 0 Å². The maximum atomic E-state index is 8.12. The molecular weight excluding hydrogens is 231 g/mol. The number of hydrogen-bond donors (Lipinski definition) is 0. The van der Waals surface area contributed by atoms with Gasteiger partial charge in [0.05, 0.1) is 0 Å². The molecule has 50 valence electrons. The zero-order valence-corrected chi connectivity index (χ0v) is 7.99. The van der Waals surface area contributed by atoms with Crippen molar-refractivity contribution >= 4 is 33.4 Å². The van der Waals surface area contributed by atoms with Crippen LogP contribution < -0.4 is 0 Å². The summed E-state index contributed by atoms with van der Waals surface area (Å²) in [5, 5.41) is 0. The molecule has 0 aromatic heterocycles. The van der Waals surface area contributed by atoms with Gasteiger partial charge in [-0.25, -0.2) is 0 Å².